The summed E-state index contributed by atoms with van der Waals surface area (Å²) in [5.74, 6) is -2.35. The molecule has 0 atom stereocenters. The van der Waals surface area contributed by atoms with E-state index in [2.05, 4.69) is 0 Å². The van der Waals surface area contributed by atoms with Crippen molar-refractivity contribution < 1.29 is 19.0 Å². The molecule has 126 valence electrons. The summed E-state index contributed by atoms with van der Waals surface area (Å²) < 4.78 is 28.5. The molecule has 0 saturated heterocycles. The molecule has 3 nitrogen and oxygen atoms in total. The van der Waals surface area contributed by atoms with Crippen molar-refractivity contribution in [2.75, 3.05) is 5.73 Å². The molecule has 0 spiro atoms. The molecule has 0 unspecified atom stereocenters. The van der Waals surface area contributed by atoms with Crippen molar-refractivity contribution in [2.45, 2.75) is 6.42 Å². The Labute approximate surface area is 146 Å². The summed E-state index contributed by atoms with van der Waals surface area (Å²) >= 11 is 1.32. The van der Waals surface area contributed by atoms with Crippen LogP contribution in [0.25, 0.3) is 11.1 Å². The molecule has 4 rings (SSSR count). The number of anilines is 1. The molecule has 0 bridgehead atoms. The van der Waals surface area contributed by atoms with Crippen LogP contribution >= 0.6 is 11.3 Å². The number of thiophene rings is 1. The third-order valence-electron chi connectivity index (χ3n) is 4.39. The molecule has 4 N–H and O–H groups in total. The quantitative estimate of drug-likeness (QED) is 0.631. The Hall–Kier alpha value is -2.86. The molecule has 1 heterocycles. The molecule has 6 heteroatoms. The lowest BCUT2D eigenvalue weighted by Gasteiger charge is -2.11. The first-order chi connectivity index (χ1) is 12.0. The molecule has 25 heavy (non-hydrogen) atoms. The Morgan fingerprint density at radius 3 is 2.44 bits per heavy atom. The van der Waals surface area contributed by atoms with Gasteiger partial charge in [-0.05, 0) is 58.3 Å². The molecule has 0 radical (unpaired) electrons. The van der Waals surface area contributed by atoms with E-state index in [0.717, 1.165) is 0 Å². The van der Waals surface area contributed by atoms with Crippen molar-refractivity contribution in [3.05, 3.63) is 75.7 Å². The van der Waals surface area contributed by atoms with E-state index in [-0.39, 0.29) is 5.56 Å². The van der Waals surface area contributed by atoms with E-state index in [1.807, 2.05) is 0 Å². The van der Waals surface area contributed by atoms with Crippen molar-refractivity contribution in [1.82, 2.24) is 0 Å². The third-order valence-corrected chi connectivity index (χ3v) is 5.13. The van der Waals surface area contributed by atoms with E-state index >= 15 is 0 Å². The normalized spacial score (nSPS) is 13.4. The van der Waals surface area contributed by atoms with Gasteiger partial charge in [0.1, 0.15) is 0 Å². The van der Waals surface area contributed by atoms with E-state index in [4.69, 9.17) is 5.73 Å². The van der Waals surface area contributed by atoms with Crippen LogP contribution in [0.4, 0.5) is 13.8 Å². The zero-order valence-electron chi connectivity index (χ0n) is 12.9. The van der Waals surface area contributed by atoms with Gasteiger partial charge in [-0.3, -0.25) is 0 Å². The van der Waals surface area contributed by atoms with Gasteiger partial charge in [0.2, 0.25) is 0 Å². The van der Waals surface area contributed by atoms with Gasteiger partial charge in [0.05, 0.1) is 5.00 Å². The fraction of sp³-hybridized carbons (Fsp3) is 0.0526. The maximum atomic E-state index is 14.7. The SMILES string of the molecule is Nc1sccc1C1=C(c2ccc(O)c(F)c2)Cc2ccc(O)c(F)c21. The highest BCUT2D eigenvalue weighted by Crippen LogP contribution is 2.47. The summed E-state index contributed by atoms with van der Waals surface area (Å²) in [4.78, 5) is 0. The summed E-state index contributed by atoms with van der Waals surface area (Å²) in [7, 11) is 0. The molecule has 1 aliphatic rings. The summed E-state index contributed by atoms with van der Waals surface area (Å²) in [5.41, 5.74) is 9.45. The lowest BCUT2D eigenvalue weighted by Crippen LogP contribution is -1.95. The molecule has 2 aromatic carbocycles. The Balaban J connectivity index is 2.03. The average Bonchev–Trinajstić information content (AvgIpc) is 3.17. The maximum Gasteiger partial charge on any atom is 0.172 e. The van der Waals surface area contributed by atoms with Gasteiger partial charge in [-0.25, -0.2) is 8.78 Å². The Bertz CT molecular complexity index is 1040. The Morgan fingerprint density at radius 2 is 1.76 bits per heavy atom. The van der Waals surface area contributed by atoms with E-state index in [1.54, 1.807) is 23.6 Å². The van der Waals surface area contributed by atoms with Gasteiger partial charge >= 0.3 is 0 Å². The third kappa shape index (κ3) is 2.37. The first-order valence-electron chi connectivity index (χ1n) is 7.53. The number of phenols is 2. The van der Waals surface area contributed by atoms with Crippen molar-refractivity contribution >= 4 is 27.5 Å². The Morgan fingerprint density at radius 1 is 1.00 bits per heavy atom. The minimum Gasteiger partial charge on any atom is -0.505 e. The van der Waals surface area contributed by atoms with Crippen molar-refractivity contribution in [3.8, 4) is 11.5 Å². The molecule has 0 amide bonds. The standard InChI is InChI=1S/C19H13F2NO2S/c20-13-8-9(1-3-14(13)23)12-7-10-2-4-15(24)18(21)16(10)17(12)11-5-6-25-19(11)22/h1-6,8,23-24H,7,22H2. The number of rotatable bonds is 2. The number of hydrogen-bond acceptors (Lipinski definition) is 4. The van der Waals surface area contributed by atoms with Gasteiger partial charge in [0.25, 0.3) is 0 Å². The molecule has 0 fully saturated rings. The van der Waals surface area contributed by atoms with Gasteiger partial charge in [-0.1, -0.05) is 12.1 Å². The molecular formula is C19H13F2NO2S. The number of benzene rings is 2. The summed E-state index contributed by atoms with van der Waals surface area (Å²) in [6.07, 6.45) is 0.376. The van der Waals surface area contributed by atoms with Crippen LogP contribution in [0.15, 0.2) is 41.8 Å². The van der Waals surface area contributed by atoms with Crippen LogP contribution in [0.2, 0.25) is 0 Å². The molecule has 1 aromatic heterocycles. The van der Waals surface area contributed by atoms with E-state index in [1.165, 1.54) is 29.5 Å². The minimum absolute atomic E-state index is 0.286. The first kappa shape index (κ1) is 15.7. The fourth-order valence-electron chi connectivity index (χ4n) is 3.22. The second kappa shape index (κ2) is 5.60. The van der Waals surface area contributed by atoms with E-state index < -0.39 is 23.1 Å². The minimum atomic E-state index is -0.748. The van der Waals surface area contributed by atoms with Crippen LogP contribution in [0.3, 0.4) is 0 Å². The molecule has 1 aliphatic carbocycles. The van der Waals surface area contributed by atoms with Gasteiger partial charge < -0.3 is 15.9 Å². The van der Waals surface area contributed by atoms with Crippen molar-refractivity contribution in [3.63, 3.8) is 0 Å². The number of halogens is 2. The zero-order valence-corrected chi connectivity index (χ0v) is 13.7. The predicted molar refractivity (Wildman–Crippen MR) is 94.5 cm³/mol. The Kier molecular flexibility index (Phi) is 3.51. The second-order valence-corrected chi connectivity index (χ2v) is 6.78. The van der Waals surface area contributed by atoms with E-state index in [9.17, 15) is 19.0 Å². The fourth-order valence-corrected chi connectivity index (χ4v) is 3.87. The molecule has 0 saturated carbocycles. The molecule has 3 aromatic rings. The number of allylic oxidation sites excluding steroid dienone is 1. The highest BCUT2D eigenvalue weighted by atomic mass is 32.1. The van der Waals surface area contributed by atoms with Crippen LogP contribution in [-0.4, -0.2) is 10.2 Å². The highest BCUT2D eigenvalue weighted by Gasteiger charge is 2.30. The van der Waals surface area contributed by atoms with Crippen LogP contribution in [0.1, 0.15) is 22.3 Å². The molecular weight excluding hydrogens is 344 g/mol. The number of nitrogens with two attached hydrogens (primary N) is 1. The van der Waals surface area contributed by atoms with Gasteiger partial charge in [0.15, 0.2) is 23.1 Å². The number of aromatic hydroxyl groups is 2. The lowest BCUT2D eigenvalue weighted by molar-refractivity contribution is 0.431. The predicted octanol–water partition coefficient (Wildman–Crippen LogP) is 4.53. The lowest BCUT2D eigenvalue weighted by atomic mass is 9.95. The van der Waals surface area contributed by atoms with E-state index in [0.29, 0.717) is 39.3 Å². The van der Waals surface area contributed by atoms with Gasteiger partial charge in [0, 0.05) is 11.1 Å². The van der Waals surface area contributed by atoms with Crippen LogP contribution in [-0.2, 0) is 6.42 Å². The van der Waals surface area contributed by atoms with Crippen LogP contribution in [0.5, 0.6) is 11.5 Å². The largest absolute Gasteiger partial charge is 0.505 e. The van der Waals surface area contributed by atoms with Crippen LogP contribution < -0.4 is 5.73 Å². The van der Waals surface area contributed by atoms with Crippen LogP contribution in [0, 0.1) is 11.6 Å². The first-order valence-corrected chi connectivity index (χ1v) is 8.41. The maximum absolute atomic E-state index is 14.7. The summed E-state index contributed by atoms with van der Waals surface area (Å²) in [6, 6.07) is 8.81. The number of phenolic OH excluding ortho intramolecular Hbond substituents is 2. The topological polar surface area (TPSA) is 66.5 Å². The van der Waals surface area contributed by atoms with Crippen molar-refractivity contribution in [2.24, 2.45) is 0 Å². The number of fused-ring (bicyclic) bond motifs is 1. The second-order valence-electron chi connectivity index (χ2n) is 5.83. The number of nitrogen functional groups attached to an aromatic ring is 1. The van der Waals surface area contributed by atoms with Gasteiger partial charge in [-0.15, -0.1) is 11.3 Å². The smallest absolute Gasteiger partial charge is 0.172 e. The van der Waals surface area contributed by atoms with Crippen molar-refractivity contribution in [1.29, 1.82) is 0 Å². The monoisotopic (exact) mass is 357 g/mol. The average molecular weight is 357 g/mol. The summed E-state index contributed by atoms with van der Waals surface area (Å²) in [6.45, 7) is 0. The zero-order chi connectivity index (χ0) is 17.7. The number of hydrogen-bond donors (Lipinski definition) is 3. The molecule has 0 aliphatic heterocycles. The highest BCUT2D eigenvalue weighted by molar-refractivity contribution is 7.14. The summed E-state index contributed by atoms with van der Waals surface area (Å²) in [5, 5.41) is 21.5. The van der Waals surface area contributed by atoms with Gasteiger partial charge in [-0.2, -0.15) is 0 Å².